The first-order valence-corrected chi connectivity index (χ1v) is 7.73. The monoisotopic (exact) mass is 274 g/mol. The highest BCUT2D eigenvalue weighted by molar-refractivity contribution is 5.42. The molecule has 0 saturated carbocycles. The van der Waals surface area contributed by atoms with E-state index in [1.807, 2.05) is 19.3 Å². The van der Waals surface area contributed by atoms with Gasteiger partial charge in [-0.2, -0.15) is 0 Å². The van der Waals surface area contributed by atoms with E-state index in [9.17, 15) is 0 Å². The Morgan fingerprint density at radius 2 is 2.20 bits per heavy atom. The fourth-order valence-corrected chi connectivity index (χ4v) is 3.97. The standard InChI is InChI=1S/C16H26N4/c1-17-15-14(5-3-8-18-15)11-20-9-4-6-16(13-20)7-10-19(2)12-16/h3,5,8H,4,6-7,9-13H2,1-2H3,(H,17,18)/t16-/m0/s1. The van der Waals surface area contributed by atoms with Gasteiger partial charge < -0.3 is 10.2 Å². The van der Waals surface area contributed by atoms with Crippen molar-refractivity contribution in [3.05, 3.63) is 23.9 Å². The van der Waals surface area contributed by atoms with Crippen molar-refractivity contribution in [2.45, 2.75) is 25.8 Å². The molecule has 0 bridgehead atoms. The number of aromatic nitrogens is 1. The SMILES string of the molecule is CNc1ncccc1CN1CCC[C@@]2(CCN(C)C2)C1. The topological polar surface area (TPSA) is 31.4 Å². The van der Waals surface area contributed by atoms with Gasteiger partial charge in [-0.25, -0.2) is 4.98 Å². The van der Waals surface area contributed by atoms with Crippen molar-refractivity contribution in [1.82, 2.24) is 14.8 Å². The van der Waals surface area contributed by atoms with Crippen LogP contribution in [0.15, 0.2) is 18.3 Å². The molecule has 3 rings (SSSR count). The second-order valence-corrected chi connectivity index (χ2v) is 6.56. The van der Waals surface area contributed by atoms with E-state index in [0.29, 0.717) is 5.41 Å². The highest BCUT2D eigenvalue weighted by atomic mass is 15.2. The van der Waals surface area contributed by atoms with Crippen molar-refractivity contribution in [3.63, 3.8) is 0 Å². The highest BCUT2D eigenvalue weighted by Gasteiger charge is 2.40. The summed E-state index contributed by atoms with van der Waals surface area (Å²) in [5.74, 6) is 1.02. The van der Waals surface area contributed by atoms with Crippen molar-refractivity contribution in [2.24, 2.45) is 5.41 Å². The summed E-state index contributed by atoms with van der Waals surface area (Å²) in [4.78, 5) is 9.54. The first kappa shape index (κ1) is 13.8. The Kier molecular flexibility index (Phi) is 3.94. The fourth-order valence-electron chi connectivity index (χ4n) is 3.97. The van der Waals surface area contributed by atoms with E-state index in [4.69, 9.17) is 0 Å². The molecule has 0 aliphatic carbocycles. The summed E-state index contributed by atoms with van der Waals surface area (Å²) in [6, 6.07) is 4.24. The summed E-state index contributed by atoms with van der Waals surface area (Å²) in [5.41, 5.74) is 1.87. The van der Waals surface area contributed by atoms with Gasteiger partial charge in [0.1, 0.15) is 5.82 Å². The Hall–Kier alpha value is -1.13. The number of likely N-dealkylation sites (tertiary alicyclic amines) is 2. The lowest BCUT2D eigenvalue weighted by Crippen LogP contribution is -2.44. The lowest BCUT2D eigenvalue weighted by Gasteiger charge is -2.40. The Labute approximate surface area is 122 Å². The summed E-state index contributed by atoms with van der Waals surface area (Å²) < 4.78 is 0. The zero-order valence-electron chi connectivity index (χ0n) is 12.7. The van der Waals surface area contributed by atoms with Gasteiger partial charge in [0.15, 0.2) is 0 Å². The average molecular weight is 274 g/mol. The molecule has 4 nitrogen and oxygen atoms in total. The van der Waals surface area contributed by atoms with E-state index in [-0.39, 0.29) is 0 Å². The molecule has 0 amide bonds. The number of hydrogen-bond acceptors (Lipinski definition) is 4. The van der Waals surface area contributed by atoms with Gasteiger partial charge in [0.25, 0.3) is 0 Å². The van der Waals surface area contributed by atoms with Crippen LogP contribution in [0.5, 0.6) is 0 Å². The predicted molar refractivity (Wildman–Crippen MR) is 82.8 cm³/mol. The third kappa shape index (κ3) is 2.81. The van der Waals surface area contributed by atoms with Crippen molar-refractivity contribution in [2.75, 3.05) is 45.6 Å². The zero-order chi connectivity index (χ0) is 14.0. The van der Waals surface area contributed by atoms with E-state index in [1.165, 1.54) is 51.0 Å². The minimum atomic E-state index is 0.551. The molecular formula is C16H26N4. The van der Waals surface area contributed by atoms with Gasteiger partial charge in [0, 0.05) is 38.4 Å². The lowest BCUT2D eigenvalue weighted by molar-refractivity contribution is 0.0900. The molecule has 1 aromatic heterocycles. The number of piperidine rings is 1. The van der Waals surface area contributed by atoms with E-state index >= 15 is 0 Å². The van der Waals surface area contributed by atoms with E-state index in [0.717, 1.165) is 12.4 Å². The predicted octanol–water partition coefficient (Wildman–Crippen LogP) is 2.04. The molecule has 2 saturated heterocycles. The highest BCUT2D eigenvalue weighted by Crippen LogP contribution is 2.38. The minimum absolute atomic E-state index is 0.551. The summed E-state index contributed by atoms with van der Waals surface area (Å²) in [5, 5.41) is 3.21. The number of nitrogens with one attached hydrogen (secondary N) is 1. The van der Waals surface area contributed by atoms with Gasteiger partial charge in [-0.1, -0.05) is 6.07 Å². The first-order valence-electron chi connectivity index (χ1n) is 7.73. The Morgan fingerprint density at radius 1 is 1.30 bits per heavy atom. The quantitative estimate of drug-likeness (QED) is 0.914. The molecule has 0 radical (unpaired) electrons. The molecular weight excluding hydrogens is 248 g/mol. The van der Waals surface area contributed by atoms with Crippen LogP contribution in [-0.2, 0) is 6.54 Å². The number of hydrogen-bond donors (Lipinski definition) is 1. The molecule has 4 heteroatoms. The van der Waals surface area contributed by atoms with E-state index in [1.54, 1.807) is 0 Å². The number of rotatable bonds is 3. The van der Waals surface area contributed by atoms with Gasteiger partial charge in [-0.3, -0.25) is 4.90 Å². The van der Waals surface area contributed by atoms with Crippen LogP contribution in [0.25, 0.3) is 0 Å². The molecule has 1 spiro atoms. The van der Waals surface area contributed by atoms with Gasteiger partial charge >= 0.3 is 0 Å². The molecule has 0 unspecified atom stereocenters. The summed E-state index contributed by atoms with van der Waals surface area (Å²) in [7, 11) is 4.21. The number of nitrogens with zero attached hydrogens (tertiary/aromatic N) is 3. The number of anilines is 1. The van der Waals surface area contributed by atoms with Gasteiger partial charge in [-0.15, -0.1) is 0 Å². The van der Waals surface area contributed by atoms with Gasteiger partial charge in [-0.05, 0) is 50.9 Å². The van der Waals surface area contributed by atoms with Crippen molar-refractivity contribution < 1.29 is 0 Å². The summed E-state index contributed by atoms with van der Waals surface area (Å²) in [6.07, 6.45) is 5.97. The normalized spacial score (nSPS) is 28.1. The van der Waals surface area contributed by atoms with Crippen molar-refractivity contribution >= 4 is 5.82 Å². The van der Waals surface area contributed by atoms with E-state index < -0.39 is 0 Å². The Bertz CT molecular complexity index is 458. The Morgan fingerprint density at radius 3 is 2.95 bits per heavy atom. The molecule has 3 heterocycles. The van der Waals surface area contributed by atoms with E-state index in [2.05, 4.69) is 33.2 Å². The largest absolute Gasteiger partial charge is 0.373 e. The van der Waals surface area contributed by atoms with Gasteiger partial charge in [0.2, 0.25) is 0 Å². The third-order valence-electron chi connectivity index (χ3n) is 4.89. The average Bonchev–Trinajstić information content (AvgIpc) is 2.80. The molecule has 2 aliphatic heterocycles. The third-order valence-corrected chi connectivity index (χ3v) is 4.89. The maximum Gasteiger partial charge on any atom is 0.130 e. The maximum absolute atomic E-state index is 4.42. The Balaban J connectivity index is 1.68. The maximum atomic E-state index is 4.42. The molecule has 2 fully saturated rings. The summed E-state index contributed by atoms with van der Waals surface area (Å²) >= 11 is 0. The summed E-state index contributed by atoms with van der Waals surface area (Å²) in [6.45, 7) is 6.03. The van der Waals surface area contributed by atoms with Crippen LogP contribution in [0.1, 0.15) is 24.8 Å². The molecule has 0 aromatic carbocycles. The fraction of sp³-hybridized carbons (Fsp3) is 0.688. The molecule has 1 atom stereocenters. The number of pyridine rings is 1. The smallest absolute Gasteiger partial charge is 0.130 e. The van der Waals surface area contributed by atoms with Gasteiger partial charge in [0.05, 0.1) is 0 Å². The van der Waals surface area contributed by atoms with Crippen LogP contribution in [0, 0.1) is 5.41 Å². The van der Waals surface area contributed by atoms with Crippen molar-refractivity contribution in [3.8, 4) is 0 Å². The van der Waals surface area contributed by atoms with Crippen LogP contribution < -0.4 is 5.32 Å². The molecule has 1 N–H and O–H groups in total. The zero-order valence-corrected chi connectivity index (χ0v) is 12.7. The second-order valence-electron chi connectivity index (χ2n) is 6.56. The molecule has 1 aromatic rings. The minimum Gasteiger partial charge on any atom is -0.373 e. The van der Waals surface area contributed by atoms with Crippen LogP contribution in [0.4, 0.5) is 5.82 Å². The molecule has 110 valence electrons. The van der Waals surface area contributed by atoms with Crippen molar-refractivity contribution in [1.29, 1.82) is 0 Å². The van der Waals surface area contributed by atoms with Crippen LogP contribution in [-0.4, -0.2) is 55.1 Å². The molecule has 20 heavy (non-hydrogen) atoms. The first-order chi connectivity index (χ1) is 9.71. The second kappa shape index (κ2) is 5.70. The molecule has 2 aliphatic rings. The van der Waals surface area contributed by atoms with Crippen LogP contribution in [0.3, 0.4) is 0 Å². The van der Waals surface area contributed by atoms with Crippen LogP contribution in [0.2, 0.25) is 0 Å². The van der Waals surface area contributed by atoms with Crippen LogP contribution >= 0.6 is 0 Å². The lowest BCUT2D eigenvalue weighted by atomic mass is 9.79.